The average Bonchev–Trinajstić information content (AvgIpc) is 3.24. The van der Waals surface area contributed by atoms with E-state index < -0.39 is 112 Å². The zero-order chi connectivity index (χ0) is 36.4. The van der Waals surface area contributed by atoms with Gasteiger partial charge in [-0.05, 0) is 69.1 Å². The fourth-order valence-electron chi connectivity index (χ4n) is 8.55. The molecule has 3 saturated carbocycles. The molecule has 0 aromatic heterocycles. The molecule has 0 aromatic rings. The second-order valence-electron chi connectivity index (χ2n) is 13.4. The Morgan fingerprint density at radius 1 is 0.939 bits per heavy atom. The topological polar surface area (TPSA) is 232 Å². The van der Waals surface area contributed by atoms with Gasteiger partial charge in [-0.3, -0.25) is 19.2 Å². The molecule has 0 saturated heterocycles. The molecule has 0 aliphatic heterocycles. The van der Waals surface area contributed by atoms with Gasteiger partial charge in [-0.15, -0.1) is 20.2 Å². The van der Waals surface area contributed by atoms with Crippen molar-refractivity contribution >= 4 is 23.5 Å². The van der Waals surface area contributed by atoms with Crippen LogP contribution in [0, 0.1) is 42.9 Å². The first-order valence-electron chi connectivity index (χ1n) is 16.0. The quantitative estimate of drug-likeness (QED) is 0.102. The van der Waals surface area contributed by atoms with Crippen LogP contribution in [0.4, 0.5) is 8.78 Å². The SMILES string of the molecule is C[C@]12C=CC(=O)C=C1[C@@H](F)CC1C3C[C@@H](O)[C@](OC(=O)CCCCCO[N+](=O)[O-])(C(=O)COC(=O)CCCO[N+](=O)[O-])[C@@]3(C)C[C@H](O)[C@@]12F. The molecule has 49 heavy (non-hydrogen) atoms. The number of carbonyl (C=O) groups excluding carboxylic acids is 4. The maximum Gasteiger partial charge on any atom is 0.306 e. The molecule has 16 nitrogen and oxygen atoms in total. The normalized spacial score (nSPS) is 36.0. The van der Waals surface area contributed by atoms with Crippen molar-refractivity contribution in [3.63, 3.8) is 0 Å². The number of rotatable bonds is 16. The van der Waals surface area contributed by atoms with Crippen LogP contribution in [0.5, 0.6) is 0 Å². The number of hydrogen-bond donors (Lipinski definition) is 2. The first kappa shape index (κ1) is 37.8. The third-order valence-electron chi connectivity index (χ3n) is 10.8. The minimum Gasteiger partial charge on any atom is -0.457 e. The predicted octanol–water partition coefficient (Wildman–Crippen LogP) is 2.43. The third-order valence-corrected chi connectivity index (χ3v) is 10.8. The fraction of sp³-hybridized carbons (Fsp3) is 0.742. The summed E-state index contributed by atoms with van der Waals surface area (Å²) in [6.07, 6.45) is -3.76. The summed E-state index contributed by atoms with van der Waals surface area (Å²) >= 11 is 0. The number of ketones is 2. The Morgan fingerprint density at radius 2 is 1.57 bits per heavy atom. The van der Waals surface area contributed by atoms with Crippen LogP contribution >= 0.6 is 0 Å². The number of aliphatic hydroxyl groups excluding tert-OH is 2. The van der Waals surface area contributed by atoms with E-state index in [-0.39, 0.29) is 57.1 Å². The Bertz CT molecular complexity index is 1420. The van der Waals surface area contributed by atoms with E-state index in [0.717, 1.165) is 12.2 Å². The van der Waals surface area contributed by atoms with Gasteiger partial charge in [0, 0.05) is 29.6 Å². The van der Waals surface area contributed by atoms with Gasteiger partial charge in [0.2, 0.25) is 11.4 Å². The van der Waals surface area contributed by atoms with Crippen molar-refractivity contribution in [1.29, 1.82) is 0 Å². The van der Waals surface area contributed by atoms with Gasteiger partial charge < -0.3 is 29.4 Å². The van der Waals surface area contributed by atoms with Gasteiger partial charge in [-0.25, -0.2) is 8.78 Å². The van der Waals surface area contributed by atoms with E-state index in [1.54, 1.807) is 0 Å². The fourth-order valence-corrected chi connectivity index (χ4v) is 8.55. The molecule has 0 bridgehead atoms. The average molecular weight is 703 g/mol. The van der Waals surface area contributed by atoms with Gasteiger partial charge in [0.1, 0.15) is 12.3 Å². The van der Waals surface area contributed by atoms with E-state index >= 15 is 8.78 Å². The smallest absolute Gasteiger partial charge is 0.306 e. The molecule has 2 N–H and O–H groups in total. The number of hydrogen-bond acceptors (Lipinski definition) is 14. The minimum atomic E-state index is -2.56. The lowest BCUT2D eigenvalue weighted by molar-refractivity contribution is -0.757. The Labute approximate surface area is 279 Å². The van der Waals surface area contributed by atoms with Crippen LogP contribution in [0.25, 0.3) is 0 Å². The molecule has 2 unspecified atom stereocenters. The van der Waals surface area contributed by atoms with Crippen LogP contribution in [-0.2, 0) is 38.3 Å². The minimum absolute atomic E-state index is 0.130. The molecule has 18 heteroatoms. The highest BCUT2D eigenvalue weighted by Gasteiger charge is 2.78. The summed E-state index contributed by atoms with van der Waals surface area (Å²) < 4.78 is 44.3. The molecule has 3 fully saturated rings. The lowest BCUT2D eigenvalue weighted by Crippen LogP contribution is -2.71. The molecule has 272 valence electrons. The Kier molecular flexibility index (Phi) is 11.1. The van der Waals surface area contributed by atoms with E-state index in [1.165, 1.54) is 19.9 Å². The molecule has 4 rings (SSSR count). The van der Waals surface area contributed by atoms with Crippen LogP contribution in [0.3, 0.4) is 0 Å². The summed E-state index contributed by atoms with van der Waals surface area (Å²) in [7, 11) is 0. The van der Waals surface area contributed by atoms with Crippen molar-refractivity contribution in [3.8, 4) is 0 Å². The number of carbonyl (C=O) groups is 4. The number of fused-ring (bicyclic) bond motifs is 5. The molecule has 0 aromatic carbocycles. The Morgan fingerprint density at radius 3 is 2.22 bits per heavy atom. The third kappa shape index (κ3) is 6.76. The van der Waals surface area contributed by atoms with E-state index in [9.17, 15) is 49.6 Å². The number of esters is 2. The molecule has 0 heterocycles. The molecular formula is C31H40F2N2O14. The van der Waals surface area contributed by atoms with E-state index in [1.807, 2.05) is 0 Å². The van der Waals surface area contributed by atoms with Crippen LogP contribution in [0.1, 0.15) is 71.6 Å². The van der Waals surface area contributed by atoms with E-state index in [4.69, 9.17) is 9.47 Å². The molecule has 0 amide bonds. The molecule has 9 atom stereocenters. The van der Waals surface area contributed by atoms with Crippen molar-refractivity contribution in [2.24, 2.45) is 22.7 Å². The molecule has 4 aliphatic rings. The highest BCUT2D eigenvalue weighted by atomic mass is 19.1. The van der Waals surface area contributed by atoms with E-state index in [0.29, 0.717) is 0 Å². The number of nitrogens with zero attached hydrogens (tertiary/aromatic N) is 2. The van der Waals surface area contributed by atoms with Gasteiger partial charge in [-0.1, -0.05) is 19.4 Å². The molecule has 0 spiro atoms. The number of ether oxygens (including phenoxy) is 2. The summed E-state index contributed by atoms with van der Waals surface area (Å²) in [6.45, 7) is 1.14. The number of Topliss-reactive ketones (excluding diaryl/α,β-unsaturated/α-hetero) is 1. The lowest BCUT2D eigenvalue weighted by atomic mass is 9.44. The second-order valence-corrected chi connectivity index (χ2v) is 13.4. The summed E-state index contributed by atoms with van der Waals surface area (Å²) in [5, 5.41) is 41.9. The van der Waals surface area contributed by atoms with Gasteiger partial charge in [0.05, 0.1) is 19.3 Å². The zero-order valence-electron chi connectivity index (χ0n) is 27.0. The summed E-state index contributed by atoms with van der Waals surface area (Å²) in [4.78, 5) is 80.9. The first-order valence-corrected chi connectivity index (χ1v) is 16.0. The maximum atomic E-state index is 17.6. The van der Waals surface area contributed by atoms with Gasteiger partial charge >= 0.3 is 11.9 Å². The van der Waals surface area contributed by atoms with Gasteiger partial charge in [0.15, 0.2) is 18.1 Å². The van der Waals surface area contributed by atoms with Crippen LogP contribution in [0.2, 0.25) is 0 Å². The summed E-state index contributed by atoms with van der Waals surface area (Å²) in [5.41, 5.74) is -8.64. The largest absolute Gasteiger partial charge is 0.457 e. The molecular weight excluding hydrogens is 662 g/mol. The first-order chi connectivity index (χ1) is 22.9. The van der Waals surface area contributed by atoms with Gasteiger partial charge in [-0.2, -0.15) is 0 Å². The van der Waals surface area contributed by atoms with Crippen molar-refractivity contribution in [1.82, 2.24) is 0 Å². The predicted molar refractivity (Wildman–Crippen MR) is 158 cm³/mol. The summed E-state index contributed by atoms with van der Waals surface area (Å²) in [6, 6.07) is 0. The van der Waals surface area contributed by atoms with Crippen LogP contribution < -0.4 is 0 Å². The molecule has 0 radical (unpaired) electrons. The van der Waals surface area contributed by atoms with Crippen molar-refractivity contribution < 1.29 is 67.5 Å². The lowest BCUT2D eigenvalue weighted by Gasteiger charge is -2.63. The van der Waals surface area contributed by atoms with Crippen LogP contribution in [-0.4, -0.2) is 93.4 Å². The number of aliphatic hydroxyl groups is 2. The second kappa shape index (κ2) is 14.4. The summed E-state index contributed by atoms with van der Waals surface area (Å²) in [5.74, 6) is -5.93. The zero-order valence-corrected chi connectivity index (χ0v) is 27.0. The maximum absolute atomic E-state index is 17.6. The monoisotopic (exact) mass is 702 g/mol. The van der Waals surface area contributed by atoms with Crippen molar-refractivity contribution in [3.05, 3.63) is 44.0 Å². The highest BCUT2D eigenvalue weighted by molar-refractivity contribution is 6.01. The van der Waals surface area contributed by atoms with E-state index in [2.05, 4.69) is 9.68 Å². The van der Waals surface area contributed by atoms with Crippen molar-refractivity contribution in [2.75, 3.05) is 19.8 Å². The number of unbranched alkanes of at least 4 members (excludes halogenated alkanes) is 2. The Hall–Kier alpha value is -4.06. The standard InChI is InChI=1S/C31H40F2N2O14/c1-28-10-9-18(36)13-21(28)22(32)14-20-19-15-23(37)31(29(19,2)16-24(38)30(20,28)33,49-27(41)7-4-3-5-11-47-34(42)43)25(39)17-46-26(40)8-6-12-48-35(44)45/h9-10,13,19-20,22-24,37-38H,3-8,11-12,14-17H2,1-2H3/t19?,20?,22-,23+,24-,28-,29-,30-,31-/m0/s1. The van der Waals surface area contributed by atoms with Gasteiger partial charge in [0.25, 0.3) is 10.2 Å². The molecule has 4 aliphatic carbocycles. The van der Waals surface area contributed by atoms with Crippen molar-refractivity contribution in [2.45, 2.75) is 101 Å². The Balaban J connectivity index is 1.63. The number of allylic oxidation sites excluding steroid dienone is 4. The number of halogens is 2. The highest BCUT2D eigenvalue weighted by Crippen LogP contribution is 2.70. The number of alkyl halides is 2. The van der Waals surface area contributed by atoms with Crippen LogP contribution in [0.15, 0.2) is 23.8 Å².